The van der Waals surface area contributed by atoms with Gasteiger partial charge in [-0.25, -0.2) is 8.78 Å². The second-order valence-corrected chi connectivity index (χ2v) is 10.4. The van der Waals surface area contributed by atoms with Crippen LogP contribution in [0.25, 0.3) is 0 Å². The summed E-state index contributed by atoms with van der Waals surface area (Å²) < 4.78 is 27.8. The van der Waals surface area contributed by atoms with Crippen molar-refractivity contribution in [3.63, 3.8) is 0 Å². The molecule has 2 atom stereocenters. The summed E-state index contributed by atoms with van der Waals surface area (Å²) in [6.07, 6.45) is 3.19. The normalized spacial score (nSPS) is 14.2. The molecule has 3 aromatic carbocycles. The molecule has 1 heterocycles. The summed E-state index contributed by atoms with van der Waals surface area (Å²) in [7, 11) is 0. The van der Waals surface area contributed by atoms with Crippen molar-refractivity contribution in [3.8, 4) is 0 Å². The van der Waals surface area contributed by atoms with E-state index in [1.54, 1.807) is 0 Å². The van der Waals surface area contributed by atoms with Gasteiger partial charge in [-0.1, -0.05) is 50.6 Å². The van der Waals surface area contributed by atoms with Crippen LogP contribution >= 0.6 is 0 Å². The van der Waals surface area contributed by atoms with Crippen LogP contribution in [0, 0.1) is 11.6 Å². The summed E-state index contributed by atoms with van der Waals surface area (Å²) in [4.78, 5) is 15.7. The first-order valence-corrected chi connectivity index (χ1v) is 14.0. The van der Waals surface area contributed by atoms with Crippen molar-refractivity contribution in [1.29, 1.82) is 0 Å². The summed E-state index contributed by atoms with van der Waals surface area (Å²) >= 11 is 0. The Morgan fingerprint density at radius 3 is 2.51 bits per heavy atom. The molecule has 3 aromatic rings. The molecule has 1 amide bonds. The van der Waals surface area contributed by atoms with E-state index in [4.69, 9.17) is 0 Å². The highest BCUT2D eigenvalue weighted by atomic mass is 19.1. The minimum absolute atomic E-state index is 0.0855. The van der Waals surface area contributed by atoms with E-state index in [0.717, 1.165) is 56.1 Å². The fraction of sp³-hybridized carbons (Fsp3) is 0.406. The lowest BCUT2D eigenvalue weighted by Crippen LogP contribution is -2.48. The number of nitrogens with zero attached hydrogens (tertiary/aromatic N) is 1. The average Bonchev–Trinajstić information content (AvgIpc) is 3.33. The number of anilines is 1. The number of hydrogen-bond acceptors (Lipinski definition) is 4. The molecule has 0 fully saturated rings. The predicted molar refractivity (Wildman–Crippen MR) is 152 cm³/mol. The number of amides is 1. The van der Waals surface area contributed by atoms with Crippen LogP contribution < -0.4 is 15.5 Å². The van der Waals surface area contributed by atoms with Gasteiger partial charge in [-0.05, 0) is 72.2 Å². The molecule has 0 aliphatic carbocycles. The quantitative estimate of drug-likeness (QED) is 0.282. The molecule has 1 aliphatic rings. The maximum absolute atomic E-state index is 13.9. The average molecular weight is 536 g/mol. The Hall–Kier alpha value is -3.29. The Labute approximate surface area is 230 Å². The van der Waals surface area contributed by atoms with Crippen LogP contribution in [0.2, 0.25) is 0 Å². The summed E-state index contributed by atoms with van der Waals surface area (Å²) in [6.45, 7) is 6.91. The van der Waals surface area contributed by atoms with Crippen LogP contribution in [-0.4, -0.2) is 42.8 Å². The number of aryl methyl sites for hydroxylation is 1. The van der Waals surface area contributed by atoms with Gasteiger partial charge in [0.25, 0.3) is 5.91 Å². The van der Waals surface area contributed by atoms with Crippen molar-refractivity contribution in [1.82, 2.24) is 10.6 Å². The zero-order valence-electron chi connectivity index (χ0n) is 22.9. The Bertz CT molecular complexity index is 1250. The van der Waals surface area contributed by atoms with Gasteiger partial charge < -0.3 is 20.6 Å². The number of fused-ring (bicyclic) bond motifs is 1. The second-order valence-electron chi connectivity index (χ2n) is 10.4. The molecule has 208 valence electrons. The first-order chi connectivity index (χ1) is 18.9. The summed E-state index contributed by atoms with van der Waals surface area (Å²) in [6, 6.07) is 16.5. The highest BCUT2D eigenvalue weighted by molar-refractivity contribution is 5.95. The van der Waals surface area contributed by atoms with Crippen LogP contribution in [0.1, 0.15) is 59.3 Å². The first-order valence-electron chi connectivity index (χ1n) is 14.0. The summed E-state index contributed by atoms with van der Waals surface area (Å²) in [5.74, 6) is -1.70. The van der Waals surface area contributed by atoms with Gasteiger partial charge in [-0.2, -0.15) is 0 Å². The van der Waals surface area contributed by atoms with Gasteiger partial charge in [0.2, 0.25) is 0 Å². The zero-order chi connectivity index (χ0) is 27.8. The summed E-state index contributed by atoms with van der Waals surface area (Å²) in [5, 5.41) is 17.3. The molecule has 0 saturated carbocycles. The van der Waals surface area contributed by atoms with E-state index in [2.05, 4.69) is 41.5 Å². The van der Waals surface area contributed by atoms with Gasteiger partial charge in [0.15, 0.2) is 0 Å². The largest absolute Gasteiger partial charge is 0.390 e. The number of carbonyl (C=O) groups excluding carboxylic acids is 1. The van der Waals surface area contributed by atoms with Crippen molar-refractivity contribution < 1.29 is 18.7 Å². The van der Waals surface area contributed by atoms with Crippen LogP contribution in [-0.2, 0) is 25.8 Å². The molecule has 1 aliphatic heterocycles. The van der Waals surface area contributed by atoms with E-state index in [1.165, 1.54) is 23.3 Å². The van der Waals surface area contributed by atoms with Crippen LogP contribution in [0.5, 0.6) is 0 Å². The van der Waals surface area contributed by atoms with Crippen molar-refractivity contribution >= 4 is 11.6 Å². The number of rotatable bonds is 13. The number of aliphatic hydroxyl groups is 1. The standard InChI is InChI=1S/C32H39F2N3O2/c1-3-5-12-37-13-11-25-9-10-26(18-30(25)37)32(39)36-29(17-24-15-27(33)19-28(34)16-24)31(38)21-35-20-23-8-6-7-22(4-2)14-23/h6-10,14-16,18-19,29,31,35,38H,3-5,11-13,17,20-21H2,1-2H3,(H,36,39)/t29-,31-/m0/s1. The fourth-order valence-electron chi connectivity index (χ4n) is 5.15. The lowest BCUT2D eigenvalue weighted by Gasteiger charge is -2.25. The predicted octanol–water partition coefficient (Wildman–Crippen LogP) is 5.18. The van der Waals surface area contributed by atoms with Crippen molar-refractivity contribution in [2.24, 2.45) is 0 Å². The highest BCUT2D eigenvalue weighted by Gasteiger charge is 2.25. The van der Waals surface area contributed by atoms with Gasteiger partial charge in [0.1, 0.15) is 11.6 Å². The maximum atomic E-state index is 13.9. The molecule has 39 heavy (non-hydrogen) atoms. The van der Waals surface area contributed by atoms with Crippen molar-refractivity contribution in [2.45, 2.75) is 64.6 Å². The smallest absolute Gasteiger partial charge is 0.251 e. The first kappa shape index (κ1) is 28.7. The molecule has 0 bridgehead atoms. The van der Waals surface area contributed by atoms with E-state index < -0.39 is 23.8 Å². The molecule has 0 saturated heterocycles. The zero-order valence-corrected chi connectivity index (χ0v) is 22.9. The Balaban J connectivity index is 1.47. The number of aliphatic hydroxyl groups excluding tert-OH is 1. The van der Waals surface area contributed by atoms with Crippen LogP contribution in [0.4, 0.5) is 14.5 Å². The van der Waals surface area contributed by atoms with Gasteiger partial charge in [-0.15, -0.1) is 0 Å². The lowest BCUT2D eigenvalue weighted by molar-refractivity contribution is 0.0830. The molecule has 4 rings (SSSR count). The molecule has 0 aromatic heterocycles. The van der Waals surface area contributed by atoms with Gasteiger partial charge in [-0.3, -0.25) is 4.79 Å². The Morgan fingerprint density at radius 2 is 1.77 bits per heavy atom. The number of hydrogen-bond donors (Lipinski definition) is 3. The molecule has 0 unspecified atom stereocenters. The molecule has 7 heteroatoms. The SMILES string of the molecule is CCCCN1CCc2ccc(C(=O)N[C@@H](Cc3cc(F)cc(F)c3)[C@@H](O)CNCc3cccc(CC)c3)cc21. The van der Waals surface area contributed by atoms with Crippen molar-refractivity contribution in [2.75, 3.05) is 24.5 Å². The molecule has 0 radical (unpaired) electrons. The van der Waals surface area contributed by atoms with E-state index in [0.29, 0.717) is 17.7 Å². The van der Waals surface area contributed by atoms with Gasteiger partial charge in [0.05, 0.1) is 12.1 Å². The lowest BCUT2D eigenvalue weighted by atomic mass is 9.99. The Morgan fingerprint density at radius 1 is 1.00 bits per heavy atom. The topological polar surface area (TPSA) is 64.6 Å². The third-order valence-corrected chi connectivity index (χ3v) is 7.36. The number of halogens is 2. The van der Waals surface area contributed by atoms with Gasteiger partial charge in [0, 0.05) is 43.5 Å². The van der Waals surface area contributed by atoms with Gasteiger partial charge >= 0.3 is 0 Å². The summed E-state index contributed by atoms with van der Waals surface area (Å²) in [5.41, 5.74) is 5.51. The van der Waals surface area contributed by atoms with Crippen LogP contribution in [0.15, 0.2) is 60.7 Å². The fourth-order valence-corrected chi connectivity index (χ4v) is 5.15. The number of nitrogens with one attached hydrogen (secondary N) is 2. The molecule has 0 spiro atoms. The van der Waals surface area contributed by atoms with Crippen molar-refractivity contribution in [3.05, 3.63) is 100 Å². The molecule has 5 nitrogen and oxygen atoms in total. The third-order valence-electron chi connectivity index (χ3n) is 7.36. The molecular formula is C32H39F2N3O2. The van der Waals surface area contributed by atoms with Crippen LogP contribution in [0.3, 0.4) is 0 Å². The van der Waals surface area contributed by atoms with E-state index in [1.807, 2.05) is 30.3 Å². The highest BCUT2D eigenvalue weighted by Crippen LogP contribution is 2.29. The Kier molecular flexibility index (Phi) is 10.1. The number of benzene rings is 3. The second kappa shape index (κ2) is 13.7. The molecular weight excluding hydrogens is 496 g/mol. The maximum Gasteiger partial charge on any atom is 0.251 e. The molecule has 3 N–H and O–H groups in total. The third kappa shape index (κ3) is 7.87. The number of carbonyl (C=O) groups is 1. The monoisotopic (exact) mass is 535 g/mol. The number of unbranched alkanes of at least 4 members (excludes halogenated alkanes) is 1. The minimum atomic E-state index is -0.981. The van der Waals surface area contributed by atoms with E-state index in [-0.39, 0.29) is 18.9 Å². The van der Waals surface area contributed by atoms with E-state index in [9.17, 15) is 18.7 Å². The van der Waals surface area contributed by atoms with E-state index >= 15 is 0 Å². The minimum Gasteiger partial charge on any atom is -0.390 e.